The van der Waals surface area contributed by atoms with Gasteiger partial charge >= 0.3 is 0 Å². The first-order valence-electron chi connectivity index (χ1n) is 10.7. The number of benzene rings is 1. The first-order chi connectivity index (χ1) is 16.0. The van der Waals surface area contributed by atoms with Crippen LogP contribution in [0.15, 0.2) is 48.9 Å². The molecule has 0 saturated carbocycles. The lowest BCUT2D eigenvalue weighted by molar-refractivity contribution is 0.0986. The zero-order chi connectivity index (χ0) is 22.8. The number of Topliss-reactive ketones (excluding diaryl/α,β-unsaturated/α-hetero) is 1. The average molecular weight is 464 g/mol. The molecule has 0 atom stereocenters. The maximum Gasteiger partial charge on any atom is 0.227 e. The van der Waals surface area contributed by atoms with Crippen LogP contribution in [0, 0.1) is 5.82 Å². The third-order valence-corrected chi connectivity index (χ3v) is 6.77. The lowest BCUT2D eigenvalue weighted by Crippen LogP contribution is -2.05. The van der Waals surface area contributed by atoms with E-state index in [0.717, 1.165) is 22.5 Å². The number of hydrogen-bond donors (Lipinski definition) is 1. The Morgan fingerprint density at radius 1 is 1.30 bits per heavy atom. The fourth-order valence-corrected chi connectivity index (χ4v) is 4.88. The zero-order valence-corrected chi connectivity index (χ0v) is 18.9. The molecule has 0 bridgehead atoms. The van der Waals surface area contributed by atoms with Crippen molar-refractivity contribution in [3.05, 3.63) is 75.6 Å². The van der Waals surface area contributed by atoms with Gasteiger partial charge in [-0.25, -0.2) is 14.4 Å². The summed E-state index contributed by atoms with van der Waals surface area (Å²) >= 11 is 1.54. The minimum atomic E-state index is -0.348. The first kappa shape index (κ1) is 21.4. The molecule has 0 radical (unpaired) electrons. The number of carbonyl (C=O) groups excluding carboxylic acids is 1. The number of rotatable bonds is 7. The van der Waals surface area contributed by atoms with Crippen molar-refractivity contribution < 1.29 is 13.9 Å². The molecule has 1 N–H and O–H groups in total. The summed E-state index contributed by atoms with van der Waals surface area (Å²) < 4.78 is 22.0. The lowest BCUT2D eigenvalue weighted by Gasteiger charge is -2.10. The summed E-state index contributed by atoms with van der Waals surface area (Å²) in [6.07, 6.45) is 6.57. The summed E-state index contributed by atoms with van der Waals surface area (Å²) in [5, 5.41) is 7.18. The number of ketones is 1. The fourth-order valence-electron chi connectivity index (χ4n) is 3.76. The summed E-state index contributed by atoms with van der Waals surface area (Å²) in [7, 11) is 1.82. The number of carbonyl (C=O) groups is 1. The molecule has 0 spiro atoms. The van der Waals surface area contributed by atoms with E-state index in [1.54, 1.807) is 29.2 Å². The highest BCUT2D eigenvalue weighted by molar-refractivity contribution is 7.14. The van der Waals surface area contributed by atoms with E-state index < -0.39 is 0 Å². The van der Waals surface area contributed by atoms with Gasteiger partial charge in [0.15, 0.2) is 5.78 Å². The van der Waals surface area contributed by atoms with Gasteiger partial charge in [-0.05, 0) is 35.7 Å². The Kier molecular flexibility index (Phi) is 5.97. The van der Waals surface area contributed by atoms with Crippen molar-refractivity contribution in [1.82, 2.24) is 19.7 Å². The van der Waals surface area contributed by atoms with Crippen LogP contribution in [-0.4, -0.2) is 32.1 Å². The minimum Gasteiger partial charge on any atom is -0.376 e. The Morgan fingerprint density at radius 3 is 3.00 bits per heavy atom. The molecule has 0 unspecified atom stereocenters. The number of ether oxygens (including phenoxy) is 1. The van der Waals surface area contributed by atoms with Crippen LogP contribution >= 0.6 is 11.3 Å². The molecule has 0 saturated heterocycles. The van der Waals surface area contributed by atoms with E-state index in [1.807, 2.05) is 25.4 Å². The molecule has 168 valence electrons. The molecule has 9 heteroatoms. The van der Waals surface area contributed by atoms with Crippen molar-refractivity contribution in [3.63, 3.8) is 0 Å². The largest absolute Gasteiger partial charge is 0.376 e. The topological polar surface area (TPSA) is 81.9 Å². The maximum absolute atomic E-state index is 14.8. The second-order valence-corrected chi connectivity index (χ2v) is 9.02. The number of nitrogens with one attached hydrogen (secondary N) is 1. The van der Waals surface area contributed by atoms with Crippen LogP contribution in [0.2, 0.25) is 0 Å². The van der Waals surface area contributed by atoms with Gasteiger partial charge in [-0.15, -0.1) is 11.3 Å². The van der Waals surface area contributed by atoms with Gasteiger partial charge in [-0.3, -0.25) is 9.48 Å². The average Bonchev–Trinajstić information content (AvgIpc) is 3.44. The van der Waals surface area contributed by atoms with Gasteiger partial charge in [0.25, 0.3) is 0 Å². The van der Waals surface area contributed by atoms with Crippen molar-refractivity contribution in [1.29, 1.82) is 0 Å². The summed E-state index contributed by atoms with van der Waals surface area (Å²) in [5.41, 5.74) is 3.63. The Bertz CT molecular complexity index is 1290. The summed E-state index contributed by atoms with van der Waals surface area (Å²) in [6.45, 7) is 1.27. The molecule has 0 fully saturated rings. The predicted octanol–water partition coefficient (Wildman–Crippen LogP) is 4.71. The van der Waals surface area contributed by atoms with E-state index in [1.165, 1.54) is 22.3 Å². The van der Waals surface area contributed by atoms with Crippen LogP contribution in [0.5, 0.6) is 0 Å². The number of aromatic nitrogens is 4. The molecule has 7 nitrogen and oxygen atoms in total. The van der Waals surface area contributed by atoms with Crippen molar-refractivity contribution >= 4 is 28.8 Å². The Labute approximate surface area is 194 Å². The maximum atomic E-state index is 14.8. The SMILES string of the molecule is Cn1cc(Nc2nccc(-c3ccc(CCC(=O)c4cc5c(s4)CCOC5)c(F)c3)n2)cn1. The van der Waals surface area contributed by atoms with E-state index in [-0.39, 0.29) is 18.0 Å². The summed E-state index contributed by atoms with van der Waals surface area (Å²) in [5.74, 6) is 0.0963. The van der Waals surface area contributed by atoms with Crippen molar-refractivity contribution in [2.24, 2.45) is 7.05 Å². The zero-order valence-electron chi connectivity index (χ0n) is 18.0. The highest BCUT2D eigenvalue weighted by atomic mass is 32.1. The number of fused-ring (bicyclic) bond motifs is 1. The number of halogens is 1. The molecule has 5 rings (SSSR count). The Morgan fingerprint density at radius 2 is 2.21 bits per heavy atom. The number of hydrogen-bond acceptors (Lipinski definition) is 7. The van der Waals surface area contributed by atoms with Gasteiger partial charge in [0.1, 0.15) is 5.82 Å². The number of aryl methyl sites for hydroxylation is 2. The van der Waals surface area contributed by atoms with E-state index >= 15 is 0 Å². The van der Waals surface area contributed by atoms with Gasteiger partial charge in [0.2, 0.25) is 5.95 Å². The molecule has 4 heterocycles. The normalized spacial score (nSPS) is 13.0. The second kappa shape index (κ2) is 9.21. The number of anilines is 2. The predicted molar refractivity (Wildman–Crippen MR) is 124 cm³/mol. The number of nitrogens with zero attached hydrogens (tertiary/aromatic N) is 4. The molecule has 1 aromatic carbocycles. The van der Waals surface area contributed by atoms with Crippen LogP contribution in [-0.2, 0) is 31.2 Å². The van der Waals surface area contributed by atoms with Crippen molar-refractivity contribution in [2.75, 3.05) is 11.9 Å². The van der Waals surface area contributed by atoms with Gasteiger partial charge in [-0.2, -0.15) is 5.10 Å². The van der Waals surface area contributed by atoms with Crippen LogP contribution in [0.1, 0.15) is 32.1 Å². The van der Waals surface area contributed by atoms with Crippen molar-refractivity contribution in [2.45, 2.75) is 25.9 Å². The van der Waals surface area contributed by atoms with Crippen LogP contribution in [0.25, 0.3) is 11.3 Å². The molecule has 0 aliphatic carbocycles. The van der Waals surface area contributed by atoms with E-state index in [4.69, 9.17) is 4.74 Å². The summed E-state index contributed by atoms with van der Waals surface area (Å²) in [6, 6.07) is 8.65. The van der Waals surface area contributed by atoms with Gasteiger partial charge in [0, 0.05) is 42.7 Å². The molecular weight excluding hydrogens is 441 g/mol. The number of thiophene rings is 1. The second-order valence-electron chi connectivity index (χ2n) is 7.88. The molecule has 1 aliphatic rings. The van der Waals surface area contributed by atoms with Gasteiger partial charge in [-0.1, -0.05) is 12.1 Å². The molecule has 4 aromatic rings. The molecule has 0 amide bonds. The Balaban J connectivity index is 1.26. The molecule has 33 heavy (non-hydrogen) atoms. The first-order valence-corrected chi connectivity index (χ1v) is 11.5. The minimum absolute atomic E-state index is 0.0415. The highest BCUT2D eigenvalue weighted by Crippen LogP contribution is 2.28. The molecular formula is C24H22FN5O2S. The quantitative estimate of drug-likeness (QED) is 0.400. The van der Waals surface area contributed by atoms with Crippen LogP contribution in [0.3, 0.4) is 0 Å². The van der Waals surface area contributed by atoms with Crippen LogP contribution in [0.4, 0.5) is 16.0 Å². The monoisotopic (exact) mass is 463 g/mol. The van der Waals surface area contributed by atoms with E-state index in [0.29, 0.717) is 42.4 Å². The third kappa shape index (κ3) is 4.84. The smallest absolute Gasteiger partial charge is 0.227 e. The van der Waals surface area contributed by atoms with Gasteiger partial charge in [0.05, 0.1) is 35.7 Å². The summed E-state index contributed by atoms with van der Waals surface area (Å²) in [4.78, 5) is 23.3. The molecule has 3 aromatic heterocycles. The lowest BCUT2D eigenvalue weighted by atomic mass is 10.0. The highest BCUT2D eigenvalue weighted by Gasteiger charge is 2.18. The van der Waals surface area contributed by atoms with E-state index in [9.17, 15) is 9.18 Å². The fraction of sp³-hybridized carbons (Fsp3) is 0.250. The standard InChI is InChI=1S/C24H22FN5O2S/c1-30-13-18(12-27-30)28-24-26-8-6-20(29-24)16-3-2-15(19(25)10-16)4-5-21(31)23-11-17-14-32-9-7-22(17)33-23/h2-3,6,8,10-13H,4-5,7,9,14H2,1H3,(H,26,28,29). The third-order valence-electron chi connectivity index (χ3n) is 5.49. The Hall–Kier alpha value is -3.43. The van der Waals surface area contributed by atoms with Gasteiger partial charge < -0.3 is 10.1 Å². The van der Waals surface area contributed by atoms with Crippen LogP contribution < -0.4 is 5.32 Å². The van der Waals surface area contributed by atoms with E-state index in [2.05, 4.69) is 20.4 Å². The molecule has 1 aliphatic heterocycles. The van der Waals surface area contributed by atoms with Crippen molar-refractivity contribution in [3.8, 4) is 11.3 Å².